The van der Waals surface area contributed by atoms with E-state index in [0.717, 1.165) is 11.1 Å². The Labute approximate surface area is 151 Å². The normalized spacial score (nSPS) is 14.3. The van der Waals surface area contributed by atoms with Crippen LogP contribution in [0.1, 0.15) is 11.1 Å². The minimum absolute atomic E-state index is 0.538. The van der Waals surface area contributed by atoms with Gasteiger partial charge in [-0.15, -0.1) is 11.3 Å². The van der Waals surface area contributed by atoms with Gasteiger partial charge in [0, 0.05) is 25.6 Å². The lowest BCUT2D eigenvalue weighted by molar-refractivity contribution is 0.681. The molecule has 0 saturated carbocycles. The van der Waals surface area contributed by atoms with Crippen LogP contribution in [0.3, 0.4) is 0 Å². The van der Waals surface area contributed by atoms with E-state index in [-0.39, 0.29) is 0 Å². The average molecular weight is 364 g/mol. The molecular formula is C21H17NOS2. The molecule has 1 aromatic heterocycles. The maximum atomic E-state index is 12.7. The molecule has 2 nitrogen and oxygen atoms in total. The van der Waals surface area contributed by atoms with Crippen molar-refractivity contribution in [3.05, 3.63) is 83.3 Å². The number of fused-ring (bicyclic) bond motifs is 3. The fourth-order valence-corrected chi connectivity index (χ4v) is 4.97. The van der Waals surface area contributed by atoms with E-state index in [1.54, 1.807) is 29.5 Å². The van der Waals surface area contributed by atoms with Crippen LogP contribution < -0.4 is 0 Å². The molecule has 4 heteroatoms. The maximum absolute atomic E-state index is 12.7. The minimum Gasteiger partial charge on any atom is -0.245 e. The van der Waals surface area contributed by atoms with E-state index in [1.807, 2.05) is 31.2 Å². The molecule has 4 rings (SSSR count). The van der Waals surface area contributed by atoms with Gasteiger partial charge in [0.15, 0.2) is 0 Å². The molecular weight excluding hydrogens is 346 g/mol. The quantitative estimate of drug-likeness (QED) is 0.447. The molecule has 1 heterocycles. The number of hydrogen-bond acceptors (Lipinski definition) is 3. The minimum atomic E-state index is -2.94. The zero-order chi connectivity index (χ0) is 17.4. The zero-order valence-corrected chi connectivity index (χ0v) is 15.4. The summed E-state index contributed by atoms with van der Waals surface area (Å²) in [7, 11) is -2.94. The summed E-state index contributed by atoms with van der Waals surface area (Å²) in [6.07, 6.45) is 1.79. The second-order valence-corrected chi connectivity index (χ2v) is 9.10. The molecule has 0 spiro atoms. The number of rotatable bonds is 3. The van der Waals surface area contributed by atoms with Crippen LogP contribution >= 0.6 is 11.3 Å². The third-order valence-electron chi connectivity index (χ3n) is 4.22. The van der Waals surface area contributed by atoms with Crippen LogP contribution in [-0.4, -0.2) is 4.21 Å². The van der Waals surface area contributed by atoms with E-state index in [4.69, 9.17) is 4.78 Å². The SMILES string of the molecule is Cc1ccc(S(=N)(=O)/C=C/c2ccc3sc4ccccc4c3c2)cc1. The van der Waals surface area contributed by atoms with E-state index in [1.165, 1.54) is 25.6 Å². The number of thiophene rings is 1. The molecule has 4 aromatic rings. The van der Waals surface area contributed by atoms with Crippen LogP contribution in [0.2, 0.25) is 0 Å². The fourth-order valence-electron chi connectivity index (χ4n) is 2.84. The summed E-state index contributed by atoms with van der Waals surface area (Å²) in [5, 5.41) is 3.95. The molecule has 3 aromatic carbocycles. The van der Waals surface area contributed by atoms with E-state index < -0.39 is 9.73 Å². The van der Waals surface area contributed by atoms with Crippen molar-refractivity contribution in [2.45, 2.75) is 11.8 Å². The first-order valence-electron chi connectivity index (χ1n) is 7.98. The molecule has 1 atom stereocenters. The standard InChI is InChI=1S/C21H17NOS2/c1-15-6-9-17(10-7-15)25(22,23)13-12-16-8-11-21-19(14-16)18-4-2-3-5-20(18)24-21/h2-14,22H,1H3/b13-12+. The number of benzene rings is 3. The van der Waals surface area contributed by atoms with Gasteiger partial charge in [0.1, 0.15) is 0 Å². The van der Waals surface area contributed by atoms with Crippen molar-refractivity contribution in [3.63, 3.8) is 0 Å². The van der Waals surface area contributed by atoms with Crippen molar-refractivity contribution >= 4 is 47.3 Å². The van der Waals surface area contributed by atoms with Crippen LogP contribution in [0.4, 0.5) is 0 Å². The van der Waals surface area contributed by atoms with Gasteiger partial charge in [-0.1, -0.05) is 42.0 Å². The van der Waals surface area contributed by atoms with Gasteiger partial charge in [0.2, 0.25) is 0 Å². The van der Waals surface area contributed by atoms with Crippen molar-refractivity contribution in [2.75, 3.05) is 0 Å². The number of nitrogens with one attached hydrogen (secondary N) is 1. The smallest absolute Gasteiger partial charge is 0.0943 e. The Morgan fingerprint density at radius 1 is 0.920 bits per heavy atom. The molecule has 0 amide bonds. The predicted molar refractivity (Wildman–Crippen MR) is 109 cm³/mol. The largest absolute Gasteiger partial charge is 0.245 e. The van der Waals surface area contributed by atoms with Crippen molar-refractivity contribution in [1.29, 1.82) is 4.78 Å². The summed E-state index contributed by atoms with van der Waals surface area (Å²) >= 11 is 1.77. The van der Waals surface area contributed by atoms with Crippen LogP contribution in [-0.2, 0) is 9.73 Å². The summed E-state index contributed by atoms with van der Waals surface area (Å²) < 4.78 is 23.4. The third kappa shape index (κ3) is 3.11. The Kier molecular flexibility index (Phi) is 3.94. The van der Waals surface area contributed by atoms with Gasteiger partial charge >= 0.3 is 0 Å². The second-order valence-electron chi connectivity index (χ2n) is 6.07. The first-order chi connectivity index (χ1) is 12.0. The molecule has 25 heavy (non-hydrogen) atoms. The molecule has 0 fully saturated rings. The molecule has 1 unspecified atom stereocenters. The highest BCUT2D eigenvalue weighted by molar-refractivity contribution is 7.95. The highest BCUT2D eigenvalue weighted by atomic mass is 32.2. The molecule has 0 bridgehead atoms. The summed E-state index contributed by atoms with van der Waals surface area (Å²) in [6.45, 7) is 1.98. The highest BCUT2D eigenvalue weighted by Gasteiger charge is 2.07. The summed E-state index contributed by atoms with van der Waals surface area (Å²) in [5.41, 5.74) is 2.06. The Morgan fingerprint density at radius 3 is 2.44 bits per heavy atom. The molecule has 0 aliphatic heterocycles. The Morgan fingerprint density at radius 2 is 1.64 bits per heavy atom. The first kappa shape index (κ1) is 16.1. The Hall–Kier alpha value is -2.43. The van der Waals surface area contributed by atoms with Gasteiger partial charge in [-0.3, -0.25) is 0 Å². The molecule has 124 valence electrons. The number of hydrogen-bond donors (Lipinski definition) is 1. The maximum Gasteiger partial charge on any atom is 0.0943 e. The molecule has 1 N–H and O–H groups in total. The summed E-state index contributed by atoms with van der Waals surface area (Å²) in [5.74, 6) is 0. The van der Waals surface area contributed by atoms with Gasteiger partial charge < -0.3 is 0 Å². The lowest BCUT2D eigenvalue weighted by Gasteiger charge is -2.03. The van der Waals surface area contributed by atoms with Gasteiger partial charge in [-0.05, 0) is 48.9 Å². The first-order valence-corrected chi connectivity index (χ1v) is 10.4. The van der Waals surface area contributed by atoms with Crippen molar-refractivity contribution in [2.24, 2.45) is 0 Å². The van der Waals surface area contributed by atoms with Crippen LogP contribution in [0.5, 0.6) is 0 Å². The Balaban J connectivity index is 1.73. The van der Waals surface area contributed by atoms with Gasteiger partial charge in [0.05, 0.1) is 14.6 Å². The van der Waals surface area contributed by atoms with E-state index >= 15 is 0 Å². The lowest BCUT2D eigenvalue weighted by atomic mass is 10.1. The third-order valence-corrected chi connectivity index (χ3v) is 6.87. The fraction of sp³-hybridized carbons (Fsp3) is 0.0476. The van der Waals surface area contributed by atoms with Crippen LogP contribution in [0, 0.1) is 11.7 Å². The average Bonchev–Trinajstić information content (AvgIpc) is 2.98. The molecule has 0 aliphatic carbocycles. The van der Waals surface area contributed by atoms with Gasteiger partial charge in [-0.2, -0.15) is 0 Å². The predicted octanol–water partition coefficient (Wildman–Crippen LogP) is 6.44. The van der Waals surface area contributed by atoms with Crippen LogP contribution in [0.25, 0.3) is 26.2 Å². The molecule has 0 radical (unpaired) electrons. The highest BCUT2D eigenvalue weighted by Crippen LogP contribution is 2.34. The van der Waals surface area contributed by atoms with Crippen LogP contribution in [0.15, 0.2) is 77.0 Å². The number of aryl methyl sites for hydroxylation is 1. The van der Waals surface area contributed by atoms with Gasteiger partial charge in [0.25, 0.3) is 0 Å². The van der Waals surface area contributed by atoms with Crippen molar-refractivity contribution < 1.29 is 4.21 Å². The van der Waals surface area contributed by atoms with Gasteiger partial charge in [-0.25, -0.2) is 8.99 Å². The van der Waals surface area contributed by atoms with E-state index in [2.05, 4.69) is 30.3 Å². The van der Waals surface area contributed by atoms with Crippen molar-refractivity contribution in [3.8, 4) is 0 Å². The molecule has 0 saturated heterocycles. The molecule has 0 aliphatic rings. The van der Waals surface area contributed by atoms with E-state index in [0.29, 0.717) is 4.90 Å². The van der Waals surface area contributed by atoms with Crippen molar-refractivity contribution in [1.82, 2.24) is 0 Å². The lowest BCUT2D eigenvalue weighted by Crippen LogP contribution is -1.93. The van der Waals surface area contributed by atoms with E-state index in [9.17, 15) is 4.21 Å². The summed E-state index contributed by atoms with van der Waals surface area (Å²) in [6, 6.07) is 21.9. The zero-order valence-electron chi connectivity index (χ0n) is 13.7. The summed E-state index contributed by atoms with van der Waals surface area (Å²) in [4.78, 5) is 0.538. The Bertz CT molecular complexity index is 1200. The topological polar surface area (TPSA) is 40.9 Å². The monoisotopic (exact) mass is 363 g/mol. The second kappa shape index (κ2) is 6.14.